The van der Waals surface area contributed by atoms with E-state index in [0.717, 1.165) is 17.8 Å². The Morgan fingerprint density at radius 2 is 2.27 bits per heavy atom. The molecule has 1 nitrogen and oxygen atoms in total. The van der Waals surface area contributed by atoms with Crippen molar-refractivity contribution < 1.29 is 4.74 Å². The highest BCUT2D eigenvalue weighted by Gasteiger charge is 1.99. The molecule has 58 valence electrons. The molecule has 0 atom stereocenters. The molecule has 11 heavy (non-hydrogen) atoms. The summed E-state index contributed by atoms with van der Waals surface area (Å²) >= 11 is 0. The summed E-state index contributed by atoms with van der Waals surface area (Å²) in [6.45, 7) is 3.78. The van der Waals surface area contributed by atoms with Gasteiger partial charge >= 0.3 is 0 Å². The molecule has 0 aromatic rings. The summed E-state index contributed by atoms with van der Waals surface area (Å²) in [6.07, 6.45) is 11.0. The van der Waals surface area contributed by atoms with Crippen LogP contribution in [0.15, 0.2) is 48.3 Å². The maximum atomic E-state index is 5.01. The summed E-state index contributed by atoms with van der Waals surface area (Å²) in [5, 5.41) is 0. The zero-order chi connectivity index (χ0) is 8.10. The predicted molar refractivity (Wildman–Crippen MR) is 47.1 cm³/mol. The van der Waals surface area contributed by atoms with Gasteiger partial charge in [-0.3, -0.25) is 0 Å². The highest BCUT2D eigenvalue weighted by Crippen LogP contribution is 2.15. The molecule has 0 unspecified atom stereocenters. The molecule has 0 amide bonds. The van der Waals surface area contributed by atoms with Crippen LogP contribution in [0.5, 0.6) is 0 Å². The lowest BCUT2D eigenvalue weighted by atomic mass is 10.1. The second kappa shape index (κ2) is 3.81. The van der Waals surface area contributed by atoms with Crippen LogP contribution in [0, 0.1) is 0 Å². The first kappa shape index (κ1) is 7.86. The molecule has 0 saturated heterocycles. The van der Waals surface area contributed by atoms with Crippen LogP contribution in [0.1, 0.15) is 6.42 Å². The van der Waals surface area contributed by atoms with Crippen LogP contribution in [0.2, 0.25) is 0 Å². The largest absolute Gasteiger partial charge is 0.497 e. The summed E-state index contributed by atoms with van der Waals surface area (Å²) < 4.78 is 5.01. The molecule has 0 spiro atoms. The van der Waals surface area contributed by atoms with Crippen LogP contribution in [-0.4, -0.2) is 7.11 Å². The van der Waals surface area contributed by atoms with Gasteiger partial charge < -0.3 is 4.74 Å². The van der Waals surface area contributed by atoms with Crippen LogP contribution in [0.25, 0.3) is 0 Å². The maximum Gasteiger partial charge on any atom is 0.115 e. The summed E-state index contributed by atoms with van der Waals surface area (Å²) in [7, 11) is 1.64. The first-order valence-corrected chi connectivity index (χ1v) is 3.60. The Morgan fingerprint density at radius 3 is 3.00 bits per heavy atom. The van der Waals surface area contributed by atoms with Crippen molar-refractivity contribution in [2.45, 2.75) is 6.42 Å². The van der Waals surface area contributed by atoms with Gasteiger partial charge in [0.1, 0.15) is 5.76 Å². The van der Waals surface area contributed by atoms with E-state index in [0.29, 0.717) is 0 Å². The smallest absolute Gasteiger partial charge is 0.115 e. The van der Waals surface area contributed by atoms with Gasteiger partial charge in [0.15, 0.2) is 0 Å². The third-order valence-corrected chi connectivity index (χ3v) is 1.60. The number of methoxy groups -OCH3 is 1. The van der Waals surface area contributed by atoms with E-state index in [4.69, 9.17) is 4.74 Å². The van der Waals surface area contributed by atoms with Crippen molar-refractivity contribution in [2.24, 2.45) is 0 Å². The van der Waals surface area contributed by atoms with Crippen LogP contribution in [-0.2, 0) is 4.74 Å². The predicted octanol–water partition coefficient (Wildman–Crippen LogP) is 2.59. The molecule has 0 N–H and O–H groups in total. The average Bonchev–Trinajstić information content (AvgIpc) is 2.30. The van der Waals surface area contributed by atoms with Gasteiger partial charge in [-0.2, -0.15) is 0 Å². The number of hydrogen-bond donors (Lipinski definition) is 0. The first-order chi connectivity index (χ1) is 5.34. The van der Waals surface area contributed by atoms with Gasteiger partial charge in [-0.25, -0.2) is 0 Å². The fourth-order valence-electron chi connectivity index (χ4n) is 0.915. The zero-order valence-electron chi connectivity index (χ0n) is 6.71. The van der Waals surface area contributed by atoms with Crippen LogP contribution in [0.3, 0.4) is 0 Å². The van der Waals surface area contributed by atoms with E-state index in [2.05, 4.69) is 12.7 Å². The number of rotatable bonds is 2. The standard InChI is InChI=1S/C10H12O/c1-9(11-2)10-7-5-3-4-6-8-10/h3-7H,1,8H2,2H3. The number of allylic oxidation sites excluding steroid dienone is 6. The van der Waals surface area contributed by atoms with Crippen molar-refractivity contribution in [3.05, 3.63) is 48.3 Å². The summed E-state index contributed by atoms with van der Waals surface area (Å²) in [6, 6.07) is 0. The topological polar surface area (TPSA) is 9.23 Å². The Kier molecular flexibility index (Phi) is 2.73. The van der Waals surface area contributed by atoms with Crippen LogP contribution in [0.4, 0.5) is 0 Å². The van der Waals surface area contributed by atoms with Gasteiger partial charge in [0.2, 0.25) is 0 Å². The minimum Gasteiger partial charge on any atom is -0.497 e. The van der Waals surface area contributed by atoms with Gasteiger partial charge in [-0.05, 0) is 12.0 Å². The lowest BCUT2D eigenvalue weighted by Gasteiger charge is -2.04. The van der Waals surface area contributed by atoms with Crippen LogP contribution >= 0.6 is 0 Å². The van der Waals surface area contributed by atoms with Gasteiger partial charge in [0, 0.05) is 0 Å². The van der Waals surface area contributed by atoms with E-state index >= 15 is 0 Å². The Hall–Kier alpha value is -1.24. The van der Waals surface area contributed by atoms with Gasteiger partial charge in [0.25, 0.3) is 0 Å². The van der Waals surface area contributed by atoms with Crippen molar-refractivity contribution in [3.63, 3.8) is 0 Å². The Balaban J connectivity index is 2.72. The highest BCUT2D eigenvalue weighted by molar-refractivity contribution is 5.33. The molecule has 1 aliphatic rings. The quantitative estimate of drug-likeness (QED) is 0.547. The number of ether oxygens (including phenoxy) is 1. The molecule has 1 heteroatoms. The third-order valence-electron chi connectivity index (χ3n) is 1.60. The first-order valence-electron chi connectivity index (χ1n) is 3.60. The molecule has 0 fully saturated rings. The van der Waals surface area contributed by atoms with Crippen molar-refractivity contribution in [1.82, 2.24) is 0 Å². The second-order valence-electron chi connectivity index (χ2n) is 2.34. The van der Waals surface area contributed by atoms with Crippen molar-refractivity contribution >= 4 is 0 Å². The molecule has 0 radical (unpaired) electrons. The van der Waals surface area contributed by atoms with Crippen molar-refractivity contribution in [3.8, 4) is 0 Å². The van der Waals surface area contributed by atoms with Gasteiger partial charge in [0.05, 0.1) is 7.11 Å². The minimum absolute atomic E-state index is 0.751. The monoisotopic (exact) mass is 148 g/mol. The normalized spacial score (nSPS) is 15.5. The maximum absolute atomic E-state index is 5.01. The second-order valence-corrected chi connectivity index (χ2v) is 2.34. The number of hydrogen-bond acceptors (Lipinski definition) is 1. The molecule has 0 aromatic carbocycles. The molecule has 0 bridgehead atoms. The summed E-state index contributed by atoms with van der Waals surface area (Å²) in [5.41, 5.74) is 1.14. The highest BCUT2D eigenvalue weighted by atomic mass is 16.5. The SMILES string of the molecule is C=C(OC)C1=CC=CC=CC1. The molecule has 0 saturated carbocycles. The van der Waals surface area contributed by atoms with E-state index in [1.807, 2.05) is 24.3 Å². The Bertz CT molecular complexity index is 231. The van der Waals surface area contributed by atoms with Crippen molar-refractivity contribution in [2.75, 3.05) is 7.11 Å². The average molecular weight is 148 g/mol. The fourth-order valence-corrected chi connectivity index (χ4v) is 0.915. The fraction of sp³-hybridized carbons (Fsp3) is 0.200. The van der Waals surface area contributed by atoms with E-state index in [-0.39, 0.29) is 0 Å². The van der Waals surface area contributed by atoms with Crippen molar-refractivity contribution in [1.29, 1.82) is 0 Å². The van der Waals surface area contributed by atoms with Crippen LogP contribution < -0.4 is 0 Å². The summed E-state index contributed by atoms with van der Waals surface area (Å²) in [4.78, 5) is 0. The zero-order valence-corrected chi connectivity index (χ0v) is 6.71. The lowest BCUT2D eigenvalue weighted by molar-refractivity contribution is 0.301. The molecule has 1 aliphatic carbocycles. The Morgan fingerprint density at radius 1 is 1.45 bits per heavy atom. The molecular formula is C10H12O. The van der Waals surface area contributed by atoms with Gasteiger partial charge in [-0.15, -0.1) is 0 Å². The van der Waals surface area contributed by atoms with E-state index in [9.17, 15) is 0 Å². The summed E-state index contributed by atoms with van der Waals surface area (Å²) in [5.74, 6) is 0.751. The van der Waals surface area contributed by atoms with E-state index in [1.165, 1.54) is 0 Å². The molecule has 0 heterocycles. The van der Waals surface area contributed by atoms with E-state index < -0.39 is 0 Å². The molecule has 0 aliphatic heterocycles. The lowest BCUT2D eigenvalue weighted by Crippen LogP contribution is -1.88. The molecule has 0 aromatic heterocycles. The molecule has 1 rings (SSSR count). The third kappa shape index (κ3) is 2.11. The minimum atomic E-state index is 0.751. The Labute approximate surface area is 67.4 Å². The van der Waals surface area contributed by atoms with Gasteiger partial charge in [-0.1, -0.05) is 37.0 Å². The molecular weight excluding hydrogens is 136 g/mol. The van der Waals surface area contributed by atoms with E-state index in [1.54, 1.807) is 7.11 Å².